The first kappa shape index (κ1) is 21.7. The minimum Gasteiger partial charge on any atom is -0.296 e. The van der Waals surface area contributed by atoms with E-state index in [1.54, 1.807) is 13.1 Å². The highest BCUT2D eigenvalue weighted by molar-refractivity contribution is 7.80. The van der Waals surface area contributed by atoms with Crippen molar-refractivity contribution in [2.45, 2.75) is 13.0 Å². The molecule has 0 aliphatic carbocycles. The largest absolute Gasteiger partial charge is 0.296 e. The number of carbonyl (C=O) groups excluding carboxylic acids is 1. The molecule has 1 saturated heterocycles. The Morgan fingerprint density at radius 1 is 0.941 bits per heavy atom. The van der Waals surface area contributed by atoms with E-state index in [0.29, 0.717) is 0 Å². The van der Waals surface area contributed by atoms with Crippen LogP contribution in [0.15, 0.2) is 96.1 Å². The van der Waals surface area contributed by atoms with Gasteiger partial charge in [-0.3, -0.25) is 10.2 Å². The standard InChI is InChI=1S/C26H22N6OS/c1-18-25(33)32(26(34)29-28-18)27-17-19-12-14-22(15-13-19)31-24(21-10-6-3-7-11-21)16-23(30-31)20-8-4-2-5-9-20/h2-18,28H,1H3,(H,29,34)/b27-17+. The molecule has 2 N–H and O–H groups in total. The molecule has 1 aromatic heterocycles. The van der Waals surface area contributed by atoms with Gasteiger partial charge in [-0.25, -0.2) is 10.1 Å². The maximum atomic E-state index is 12.3. The third kappa shape index (κ3) is 4.36. The van der Waals surface area contributed by atoms with Gasteiger partial charge in [-0.2, -0.15) is 15.2 Å². The van der Waals surface area contributed by atoms with Gasteiger partial charge in [0.2, 0.25) is 5.11 Å². The smallest absolute Gasteiger partial charge is 0.268 e. The second-order valence-electron chi connectivity index (χ2n) is 7.84. The first-order valence-corrected chi connectivity index (χ1v) is 11.3. The molecule has 7 nitrogen and oxygen atoms in total. The highest BCUT2D eigenvalue weighted by Gasteiger charge is 2.28. The Labute approximate surface area is 202 Å². The lowest BCUT2D eigenvalue weighted by molar-refractivity contribution is -0.130. The summed E-state index contributed by atoms with van der Waals surface area (Å²) in [6.07, 6.45) is 1.62. The van der Waals surface area contributed by atoms with E-state index in [-0.39, 0.29) is 11.0 Å². The van der Waals surface area contributed by atoms with E-state index in [2.05, 4.69) is 46.3 Å². The maximum Gasteiger partial charge on any atom is 0.268 e. The van der Waals surface area contributed by atoms with Gasteiger partial charge in [0, 0.05) is 11.1 Å². The fourth-order valence-corrected chi connectivity index (χ4v) is 3.84. The van der Waals surface area contributed by atoms with Gasteiger partial charge in [0.15, 0.2) is 0 Å². The topological polar surface area (TPSA) is 74.5 Å². The number of hydrazine groups is 1. The van der Waals surface area contributed by atoms with Crippen LogP contribution >= 0.6 is 12.2 Å². The molecular formula is C26H22N6OS. The molecule has 34 heavy (non-hydrogen) atoms. The van der Waals surface area contributed by atoms with Gasteiger partial charge in [0.05, 0.1) is 23.3 Å². The zero-order chi connectivity index (χ0) is 23.5. The third-order valence-corrected chi connectivity index (χ3v) is 5.75. The molecule has 0 spiro atoms. The van der Waals surface area contributed by atoms with Crippen LogP contribution in [-0.4, -0.2) is 38.1 Å². The summed E-state index contributed by atoms with van der Waals surface area (Å²) in [5.74, 6) is -0.214. The van der Waals surface area contributed by atoms with E-state index < -0.39 is 6.04 Å². The number of hydrogen-bond donors (Lipinski definition) is 2. The number of hydrazone groups is 1. The normalized spacial score (nSPS) is 16.1. The molecule has 4 aromatic rings. The summed E-state index contributed by atoms with van der Waals surface area (Å²) in [4.78, 5) is 12.3. The SMILES string of the molecule is CC1NNC(=S)N(/N=C/c2ccc(-n3nc(-c4ccccc4)cc3-c3ccccc3)cc2)C1=O. The molecule has 1 fully saturated rings. The van der Waals surface area contributed by atoms with Crippen molar-refractivity contribution in [1.29, 1.82) is 0 Å². The number of benzene rings is 3. The van der Waals surface area contributed by atoms with Gasteiger partial charge >= 0.3 is 0 Å². The Balaban J connectivity index is 1.46. The molecular weight excluding hydrogens is 444 g/mol. The highest BCUT2D eigenvalue weighted by Crippen LogP contribution is 2.28. The summed E-state index contributed by atoms with van der Waals surface area (Å²) in [5.41, 5.74) is 11.4. The summed E-state index contributed by atoms with van der Waals surface area (Å²) >= 11 is 5.17. The molecule has 2 heterocycles. The number of hydrogen-bond acceptors (Lipinski definition) is 5. The molecule has 0 saturated carbocycles. The molecule has 5 rings (SSSR count). The predicted octanol–water partition coefficient (Wildman–Crippen LogP) is 4.15. The number of aromatic nitrogens is 2. The summed E-state index contributed by atoms with van der Waals surface area (Å²) in [5, 5.41) is 10.6. The molecule has 8 heteroatoms. The van der Waals surface area contributed by atoms with Gasteiger partial charge in [-0.15, -0.1) is 0 Å². The second-order valence-corrected chi connectivity index (χ2v) is 8.23. The first-order chi connectivity index (χ1) is 16.6. The number of amides is 1. The summed E-state index contributed by atoms with van der Waals surface area (Å²) in [6.45, 7) is 1.74. The van der Waals surface area contributed by atoms with E-state index in [1.165, 1.54) is 5.01 Å². The van der Waals surface area contributed by atoms with Crippen LogP contribution in [0.3, 0.4) is 0 Å². The van der Waals surface area contributed by atoms with Crippen LogP contribution in [0.2, 0.25) is 0 Å². The summed E-state index contributed by atoms with van der Waals surface area (Å²) in [6, 6.07) is 29.8. The quantitative estimate of drug-likeness (QED) is 0.341. The lowest BCUT2D eigenvalue weighted by Gasteiger charge is -2.28. The van der Waals surface area contributed by atoms with Gasteiger partial charge < -0.3 is 0 Å². The van der Waals surface area contributed by atoms with Gasteiger partial charge in [0.25, 0.3) is 5.91 Å². The van der Waals surface area contributed by atoms with Crippen LogP contribution in [0, 0.1) is 0 Å². The maximum absolute atomic E-state index is 12.3. The Bertz CT molecular complexity index is 1350. The van der Waals surface area contributed by atoms with Gasteiger partial charge in [-0.05, 0) is 42.9 Å². The van der Waals surface area contributed by atoms with Crippen LogP contribution in [0.1, 0.15) is 12.5 Å². The molecule has 0 radical (unpaired) electrons. The number of rotatable bonds is 5. The number of nitrogens with one attached hydrogen (secondary N) is 2. The molecule has 1 atom stereocenters. The molecule has 1 amide bonds. The van der Waals surface area contributed by atoms with Crippen LogP contribution < -0.4 is 10.9 Å². The zero-order valence-electron chi connectivity index (χ0n) is 18.4. The van der Waals surface area contributed by atoms with E-state index in [0.717, 1.165) is 33.8 Å². The lowest BCUT2D eigenvalue weighted by atomic mass is 10.1. The third-order valence-electron chi connectivity index (χ3n) is 5.48. The van der Waals surface area contributed by atoms with Gasteiger partial charge in [0.1, 0.15) is 6.04 Å². The summed E-state index contributed by atoms with van der Waals surface area (Å²) < 4.78 is 1.94. The average molecular weight is 467 g/mol. The first-order valence-electron chi connectivity index (χ1n) is 10.8. The number of nitrogens with zero attached hydrogens (tertiary/aromatic N) is 4. The number of thiocarbonyl (C=S) groups is 1. The van der Waals surface area contributed by atoms with Crippen molar-refractivity contribution < 1.29 is 4.79 Å². The van der Waals surface area contributed by atoms with Crippen molar-refractivity contribution in [3.8, 4) is 28.2 Å². The van der Waals surface area contributed by atoms with Crippen molar-refractivity contribution >= 4 is 29.5 Å². The van der Waals surface area contributed by atoms with Crippen LogP contribution in [0.4, 0.5) is 0 Å². The fourth-order valence-electron chi connectivity index (χ4n) is 3.65. The average Bonchev–Trinajstić information content (AvgIpc) is 3.33. The minimum atomic E-state index is -0.416. The van der Waals surface area contributed by atoms with Crippen molar-refractivity contribution in [3.05, 3.63) is 96.6 Å². The molecule has 1 unspecified atom stereocenters. The van der Waals surface area contributed by atoms with Crippen molar-refractivity contribution in [2.75, 3.05) is 0 Å². The lowest BCUT2D eigenvalue weighted by Crippen LogP contribution is -2.61. The number of carbonyl (C=O) groups is 1. The Morgan fingerprint density at radius 3 is 2.26 bits per heavy atom. The molecule has 1 aliphatic rings. The van der Waals surface area contributed by atoms with Crippen LogP contribution in [0.5, 0.6) is 0 Å². The summed E-state index contributed by atoms with van der Waals surface area (Å²) in [7, 11) is 0. The van der Waals surface area contributed by atoms with E-state index in [9.17, 15) is 4.79 Å². The van der Waals surface area contributed by atoms with Crippen LogP contribution in [0.25, 0.3) is 28.2 Å². The van der Waals surface area contributed by atoms with E-state index in [4.69, 9.17) is 17.3 Å². The zero-order valence-corrected chi connectivity index (χ0v) is 19.2. The monoisotopic (exact) mass is 466 g/mol. The fraction of sp³-hybridized carbons (Fsp3) is 0.0769. The Hall–Kier alpha value is -4.14. The predicted molar refractivity (Wildman–Crippen MR) is 137 cm³/mol. The van der Waals surface area contributed by atoms with Crippen molar-refractivity contribution in [1.82, 2.24) is 25.6 Å². The van der Waals surface area contributed by atoms with Crippen molar-refractivity contribution in [2.24, 2.45) is 5.10 Å². The van der Waals surface area contributed by atoms with E-state index in [1.807, 2.05) is 65.3 Å². The molecule has 1 aliphatic heterocycles. The Kier molecular flexibility index (Phi) is 5.99. The van der Waals surface area contributed by atoms with E-state index >= 15 is 0 Å². The van der Waals surface area contributed by atoms with Crippen LogP contribution in [-0.2, 0) is 4.79 Å². The second kappa shape index (κ2) is 9.38. The molecule has 168 valence electrons. The molecule has 3 aromatic carbocycles. The van der Waals surface area contributed by atoms with Crippen molar-refractivity contribution in [3.63, 3.8) is 0 Å². The van der Waals surface area contributed by atoms with Gasteiger partial charge in [-0.1, -0.05) is 72.8 Å². The highest BCUT2D eigenvalue weighted by atomic mass is 32.1. The molecule has 0 bridgehead atoms. The minimum absolute atomic E-state index is 0.214. The Morgan fingerprint density at radius 2 is 1.59 bits per heavy atom.